The molecule has 1 aliphatic heterocycles. The Labute approximate surface area is 177 Å². The standard InChI is InChI=1S/C20H22ClF3N4O2/c1-20(2,3)30-19(29)27-16-9-28(18-8-17(21)25-10-26-18)5-4-11(16)12-6-14(23)15(24)7-13(12)22/h6-8,10-11,16H,4-5,9H2,1-3H3,(H,27,29)/t11-,16+/m1/s1. The third kappa shape index (κ3) is 5.33. The Hall–Kier alpha value is -2.55. The van der Waals surface area contributed by atoms with Gasteiger partial charge in [-0.2, -0.15) is 0 Å². The lowest BCUT2D eigenvalue weighted by atomic mass is 9.84. The van der Waals surface area contributed by atoms with Crippen molar-refractivity contribution in [3.8, 4) is 0 Å². The van der Waals surface area contributed by atoms with Crippen LogP contribution in [0.3, 0.4) is 0 Å². The van der Waals surface area contributed by atoms with Gasteiger partial charge in [0.15, 0.2) is 11.6 Å². The van der Waals surface area contributed by atoms with Gasteiger partial charge in [-0.25, -0.2) is 27.9 Å². The summed E-state index contributed by atoms with van der Waals surface area (Å²) < 4.78 is 47.0. The van der Waals surface area contributed by atoms with E-state index in [0.717, 1.165) is 6.07 Å². The molecule has 2 atom stereocenters. The van der Waals surface area contributed by atoms with E-state index in [1.165, 1.54) is 6.33 Å². The zero-order chi connectivity index (χ0) is 22.1. The van der Waals surface area contributed by atoms with Gasteiger partial charge in [-0.15, -0.1) is 0 Å². The predicted octanol–water partition coefficient (Wildman–Crippen LogP) is 4.43. The molecule has 2 aromatic rings. The van der Waals surface area contributed by atoms with Gasteiger partial charge in [-0.1, -0.05) is 11.6 Å². The number of ether oxygens (including phenoxy) is 1. The van der Waals surface area contributed by atoms with Crippen LogP contribution in [0.25, 0.3) is 0 Å². The summed E-state index contributed by atoms with van der Waals surface area (Å²) in [5, 5.41) is 2.99. The predicted molar refractivity (Wildman–Crippen MR) is 106 cm³/mol. The quantitative estimate of drug-likeness (QED) is 0.562. The number of alkyl carbamates (subject to hydrolysis) is 1. The number of aromatic nitrogens is 2. The molecule has 1 saturated heterocycles. The van der Waals surface area contributed by atoms with Crippen molar-refractivity contribution in [2.75, 3.05) is 18.0 Å². The first-order valence-corrected chi connectivity index (χ1v) is 9.78. The molecule has 1 aromatic carbocycles. The van der Waals surface area contributed by atoms with Crippen molar-refractivity contribution in [3.63, 3.8) is 0 Å². The van der Waals surface area contributed by atoms with E-state index in [-0.39, 0.29) is 17.3 Å². The van der Waals surface area contributed by atoms with Gasteiger partial charge in [0.2, 0.25) is 0 Å². The van der Waals surface area contributed by atoms with E-state index in [9.17, 15) is 18.0 Å². The zero-order valence-electron chi connectivity index (χ0n) is 16.8. The van der Waals surface area contributed by atoms with Crippen molar-refractivity contribution in [1.82, 2.24) is 15.3 Å². The van der Waals surface area contributed by atoms with Crippen molar-refractivity contribution in [2.24, 2.45) is 0 Å². The summed E-state index contributed by atoms with van der Waals surface area (Å²) in [5.74, 6) is -3.34. The van der Waals surface area contributed by atoms with Crippen LogP contribution in [0.2, 0.25) is 5.15 Å². The number of carbonyl (C=O) groups excluding carboxylic acids is 1. The van der Waals surface area contributed by atoms with Crippen molar-refractivity contribution in [1.29, 1.82) is 0 Å². The van der Waals surface area contributed by atoms with Crippen LogP contribution in [-0.4, -0.2) is 40.8 Å². The largest absolute Gasteiger partial charge is 0.444 e. The molecule has 6 nitrogen and oxygen atoms in total. The third-order valence-electron chi connectivity index (χ3n) is 4.70. The number of amides is 1. The Balaban J connectivity index is 1.89. The molecule has 0 radical (unpaired) electrons. The summed E-state index contributed by atoms with van der Waals surface area (Å²) in [6.45, 7) is 5.82. The molecule has 1 N–H and O–H groups in total. The first-order valence-electron chi connectivity index (χ1n) is 9.40. The zero-order valence-corrected chi connectivity index (χ0v) is 17.5. The van der Waals surface area contributed by atoms with Crippen LogP contribution < -0.4 is 10.2 Å². The number of hydrogen-bond acceptors (Lipinski definition) is 5. The lowest BCUT2D eigenvalue weighted by Crippen LogP contribution is -2.53. The van der Waals surface area contributed by atoms with Crippen molar-refractivity contribution < 1.29 is 22.7 Å². The molecule has 1 fully saturated rings. The van der Waals surface area contributed by atoms with E-state index in [1.54, 1.807) is 26.8 Å². The van der Waals surface area contributed by atoms with Crippen molar-refractivity contribution in [2.45, 2.75) is 44.8 Å². The Bertz CT molecular complexity index is 939. The summed E-state index contributed by atoms with van der Waals surface area (Å²) in [6.07, 6.45) is 0.974. The second-order valence-electron chi connectivity index (χ2n) is 8.08. The molecule has 0 saturated carbocycles. The van der Waals surface area contributed by atoms with Crippen LogP contribution in [0.4, 0.5) is 23.8 Å². The van der Waals surface area contributed by atoms with Crippen LogP contribution in [0, 0.1) is 17.5 Å². The molecule has 1 aliphatic rings. The molecular weight excluding hydrogens is 421 g/mol. The minimum atomic E-state index is -1.26. The van der Waals surface area contributed by atoms with Gasteiger partial charge in [0, 0.05) is 31.1 Å². The first-order chi connectivity index (χ1) is 14.0. The van der Waals surface area contributed by atoms with E-state index < -0.39 is 41.1 Å². The molecule has 3 rings (SSSR count). The summed E-state index contributed by atoms with van der Waals surface area (Å²) in [4.78, 5) is 22.3. The Morgan fingerprint density at radius 3 is 2.53 bits per heavy atom. The number of nitrogens with zero attached hydrogens (tertiary/aromatic N) is 3. The molecule has 0 aliphatic carbocycles. The number of benzene rings is 1. The van der Waals surface area contributed by atoms with Gasteiger partial charge >= 0.3 is 6.09 Å². The van der Waals surface area contributed by atoms with Crippen LogP contribution >= 0.6 is 11.6 Å². The number of piperidine rings is 1. The maximum Gasteiger partial charge on any atom is 0.407 e. The second-order valence-corrected chi connectivity index (χ2v) is 8.47. The van der Waals surface area contributed by atoms with Gasteiger partial charge < -0.3 is 15.0 Å². The minimum absolute atomic E-state index is 0.00433. The number of carbonyl (C=O) groups is 1. The monoisotopic (exact) mass is 442 g/mol. The summed E-state index contributed by atoms with van der Waals surface area (Å²) in [5.41, 5.74) is -0.739. The molecule has 10 heteroatoms. The fourth-order valence-electron chi connectivity index (χ4n) is 3.46. The van der Waals surface area contributed by atoms with Crippen LogP contribution in [-0.2, 0) is 4.74 Å². The highest BCUT2D eigenvalue weighted by molar-refractivity contribution is 6.29. The van der Waals surface area contributed by atoms with Crippen LogP contribution in [0.5, 0.6) is 0 Å². The minimum Gasteiger partial charge on any atom is -0.444 e. The van der Waals surface area contributed by atoms with Crippen LogP contribution in [0.15, 0.2) is 24.5 Å². The fourth-order valence-corrected chi connectivity index (χ4v) is 3.60. The third-order valence-corrected chi connectivity index (χ3v) is 4.90. The highest BCUT2D eigenvalue weighted by atomic mass is 35.5. The molecule has 0 unspecified atom stereocenters. The van der Waals surface area contributed by atoms with Crippen LogP contribution in [0.1, 0.15) is 38.7 Å². The van der Waals surface area contributed by atoms with Crippen molar-refractivity contribution in [3.05, 3.63) is 52.7 Å². The molecule has 1 aromatic heterocycles. The molecular formula is C20H22ClF3N4O2. The Kier molecular flexibility index (Phi) is 6.40. The second kappa shape index (κ2) is 8.67. The fraction of sp³-hybridized carbons (Fsp3) is 0.450. The van der Waals surface area contributed by atoms with Gasteiger partial charge in [0.25, 0.3) is 0 Å². The molecule has 0 bridgehead atoms. The molecule has 0 spiro atoms. The lowest BCUT2D eigenvalue weighted by molar-refractivity contribution is 0.0492. The number of nitrogens with one attached hydrogen (secondary N) is 1. The first kappa shape index (κ1) is 22.1. The average molecular weight is 443 g/mol. The highest BCUT2D eigenvalue weighted by Crippen LogP contribution is 2.33. The molecule has 1 amide bonds. The highest BCUT2D eigenvalue weighted by Gasteiger charge is 2.35. The normalized spacial score (nSPS) is 19.5. The molecule has 162 valence electrons. The Morgan fingerprint density at radius 2 is 1.87 bits per heavy atom. The topological polar surface area (TPSA) is 67.3 Å². The van der Waals surface area contributed by atoms with E-state index in [4.69, 9.17) is 16.3 Å². The smallest absolute Gasteiger partial charge is 0.407 e. The number of rotatable bonds is 3. The number of hydrogen-bond donors (Lipinski definition) is 1. The molecule has 30 heavy (non-hydrogen) atoms. The number of halogens is 4. The average Bonchev–Trinajstić information content (AvgIpc) is 2.63. The van der Waals surface area contributed by atoms with Crippen molar-refractivity contribution >= 4 is 23.5 Å². The maximum absolute atomic E-state index is 14.5. The van der Waals surface area contributed by atoms with Gasteiger partial charge in [0.1, 0.15) is 28.7 Å². The van der Waals surface area contributed by atoms with Gasteiger partial charge in [-0.05, 0) is 38.8 Å². The lowest BCUT2D eigenvalue weighted by Gasteiger charge is -2.40. The van der Waals surface area contributed by atoms with E-state index >= 15 is 0 Å². The van der Waals surface area contributed by atoms with Gasteiger partial charge in [0.05, 0.1) is 6.04 Å². The van der Waals surface area contributed by atoms with E-state index in [0.29, 0.717) is 24.8 Å². The van der Waals surface area contributed by atoms with Gasteiger partial charge in [-0.3, -0.25) is 0 Å². The Morgan fingerprint density at radius 1 is 1.17 bits per heavy atom. The SMILES string of the molecule is CC(C)(C)OC(=O)N[C@H]1CN(c2cc(Cl)ncn2)CC[C@@H]1c1cc(F)c(F)cc1F. The molecule has 2 heterocycles. The van der Waals surface area contributed by atoms with E-state index in [1.807, 2.05) is 4.90 Å². The summed E-state index contributed by atoms with van der Waals surface area (Å²) >= 11 is 5.94. The van der Waals surface area contributed by atoms with E-state index in [2.05, 4.69) is 15.3 Å². The summed E-state index contributed by atoms with van der Waals surface area (Å²) in [6, 6.07) is 2.29. The number of anilines is 1. The maximum atomic E-state index is 14.5. The summed E-state index contributed by atoms with van der Waals surface area (Å²) in [7, 11) is 0.